The third-order valence-corrected chi connectivity index (χ3v) is 2.81. The van der Waals surface area contributed by atoms with Gasteiger partial charge in [0.1, 0.15) is 5.82 Å². The minimum atomic E-state index is -0.413. The van der Waals surface area contributed by atoms with Gasteiger partial charge in [0, 0.05) is 11.4 Å². The molecule has 19 heavy (non-hydrogen) atoms. The second-order valence-corrected chi connectivity index (χ2v) is 4.41. The van der Waals surface area contributed by atoms with E-state index in [1.165, 1.54) is 17.7 Å². The van der Waals surface area contributed by atoms with Crippen LogP contribution >= 0.6 is 0 Å². The number of anilines is 2. The van der Waals surface area contributed by atoms with Gasteiger partial charge in [-0.15, -0.1) is 0 Å². The fraction of sp³-hybridized carbons (Fsp3) is 0.188. The monoisotopic (exact) mass is 254 g/mol. The fourth-order valence-electron chi connectivity index (χ4n) is 1.94. The SMILES string of the molecule is CCCc1ccc(Nc2cc(F)cc(C#N)c2)cc1. The van der Waals surface area contributed by atoms with E-state index in [0.717, 1.165) is 18.5 Å². The zero-order chi connectivity index (χ0) is 13.7. The maximum atomic E-state index is 13.3. The highest BCUT2D eigenvalue weighted by molar-refractivity contribution is 5.61. The molecule has 0 unspecified atom stereocenters. The van der Waals surface area contributed by atoms with Crippen LogP contribution in [0, 0.1) is 17.1 Å². The smallest absolute Gasteiger partial charge is 0.126 e. The largest absolute Gasteiger partial charge is 0.355 e. The van der Waals surface area contributed by atoms with Gasteiger partial charge in [0.25, 0.3) is 0 Å². The van der Waals surface area contributed by atoms with Crippen LogP contribution in [0.25, 0.3) is 0 Å². The summed E-state index contributed by atoms with van der Waals surface area (Å²) in [6, 6.07) is 14.2. The Balaban J connectivity index is 2.17. The van der Waals surface area contributed by atoms with E-state index in [2.05, 4.69) is 24.4 Å². The average molecular weight is 254 g/mol. The quantitative estimate of drug-likeness (QED) is 0.878. The van der Waals surface area contributed by atoms with Crippen LogP contribution in [-0.4, -0.2) is 0 Å². The number of hydrogen-bond donors (Lipinski definition) is 1. The first-order valence-corrected chi connectivity index (χ1v) is 6.28. The number of aryl methyl sites for hydroxylation is 1. The summed E-state index contributed by atoms with van der Waals surface area (Å²) in [5.41, 5.74) is 3.06. The first-order valence-electron chi connectivity index (χ1n) is 6.28. The lowest BCUT2D eigenvalue weighted by Crippen LogP contribution is -1.93. The molecule has 1 N–H and O–H groups in total. The van der Waals surface area contributed by atoms with E-state index in [9.17, 15) is 4.39 Å². The summed E-state index contributed by atoms with van der Waals surface area (Å²) >= 11 is 0. The van der Waals surface area contributed by atoms with Crippen molar-refractivity contribution in [2.75, 3.05) is 5.32 Å². The van der Waals surface area contributed by atoms with Crippen molar-refractivity contribution in [3.05, 3.63) is 59.4 Å². The van der Waals surface area contributed by atoms with Gasteiger partial charge in [0.05, 0.1) is 11.6 Å². The molecule has 3 heteroatoms. The lowest BCUT2D eigenvalue weighted by molar-refractivity contribution is 0.628. The van der Waals surface area contributed by atoms with Crippen molar-refractivity contribution in [1.29, 1.82) is 5.26 Å². The van der Waals surface area contributed by atoms with E-state index in [1.807, 2.05) is 18.2 Å². The van der Waals surface area contributed by atoms with Crippen LogP contribution in [0.4, 0.5) is 15.8 Å². The summed E-state index contributed by atoms with van der Waals surface area (Å²) in [6.07, 6.45) is 2.17. The van der Waals surface area contributed by atoms with Crippen LogP contribution in [0.1, 0.15) is 24.5 Å². The summed E-state index contributed by atoms with van der Waals surface area (Å²) in [5, 5.41) is 11.9. The average Bonchev–Trinajstić information content (AvgIpc) is 2.40. The predicted molar refractivity (Wildman–Crippen MR) is 74.8 cm³/mol. The Hall–Kier alpha value is -2.34. The zero-order valence-corrected chi connectivity index (χ0v) is 10.8. The van der Waals surface area contributed by atoms with Crippen molar-refractivity contribution in [2.45, 2.75) is 19.8 Å². The molecule has 0 aliphatic carbocycles. The molecule has 0 amide bonds. The number of nitriles is 1. The summed E-state index contributed by atoms with van der Waals surface area (Å²) < 4.78 is 13.3. The first-order chi connectivity index (χ1) is 9.21. The molecule has 2 aromatic rings. The van der Waals surface area contributed by atoms with Gasteiger partial charge in [-0.25, -0.2) is 4.39 Å². The lowest BCUT2D eigenvalue weighted by Gasteiger charge is -2.08. The molecule has 0 aliphatic rings. The van der Waals surface area contributed by atoms with Gasteiger partial charge in [-0.3, -0.25) is 0 Å². The van der Waals surface area contributed by atoms with Crippen LogP contribution in [0.5, 0.6) is 0 Å². The summed E-state index contributed by atoms with van der Waals surface area (Å²) in [4.78, 5) is 0. The minimum Gasteiger partial charge on any atom is -0.355 e. The van der Waals surface area contributed by atoms with E-state index in [1.54, 1.807) is 6.07 Å². The molecule has 0 aromatic heterocycles. The van der Waals surface area contributed by atoms with Crippen molar-refractivity contribution in [2.24, 2.45) is 0 Å². The maximum Gasteiger partial charge on any atom is 0.126 e. The second-order valence-electron chi connectivity index (χ2n) is 4.41. The summed E-state index contributed by atoms with van der Waals surface area (Å²) in [6.45, 7) is 2.14. The van der Waals surface area contributed by atoms with E-state index in [4.69, 9.17) is 5.26 Å². The molecule has 0 bridgehead atoms. The minimum absolute atomic E-state index is 0.310. The molecule has 0 aliphatic heterocycles. The molecule has 0 saturated heterocycles. The van der Waals surface area contributed by atoms with Crippen molar-refractivity contribution in [3.8, 4) is 6.07 Å². The highest BCUT2D eigenvalue weighted by Crippen LogP contribution is 2.20. The van der Waals surface area contributed by atoms with Gasteiger partial charge < -0.3 is 5.32 Å². The van der Waals surface area contributed by atoms with Gasteiger partial charge in [0.2, 0.25) is 0 Å². The molecule has 0 radical (unpaired) electrons. The molecule has 96 valence electrons. The molecular formula is C16H15FN2. The highest BCUT2D eigenvalue weighted by atomic mass is 19.1. The van der Waals surface area contributed by atoms with Gasteiger partial charge >= 0.3 is 0 Å². The normalized spacial score (nSPS) is 9.95. The molecule has 0 atom stereocenters. The summed E-state index contributed by atoms with van der Waals surface area (Å²) in [7, 11) is 0. The number of nitrogens with one attached hydrogen (secondary N) is 1. The van der Waals surface area contributed by atoms with Crippen molar-refractivity contribution < 1.29 is 4.39 Å². The molecule has 0 heterocycles. The van der Waals surface area contributed by atoms with Gasteiger partial charge in [0.15, 0.2) is 0 Å². The van der Waals surface area contributed by atoms with Crippen LogP contribution in [0.2, 0.25) is 0 Å². The Morgan fingerprint density at radius 2 is 1.84 bits per heavy atom. The van der Waals surface area contributed by atoms with Crippen molar-refractivity contribution >= 4 is 11.4 Å². The van der Waals surface area contributed by atoms with Crippen LogP contribution in [0.15, 0.2) is 42.5 Å². The van der Waals surface area contributed by atoms with E-state index in [-0.39, 0.29) is 0 Å². The van der Waals surface area contributed by atoms with E-state index < -0.39 is 5.82 Å². The Labute approximate surface area is 112 Å². The van der Waals surface area contributed by atoms with Crippen LogP contribution < -0.4 is 5.32 Å². The zero-order valence-electron chi connectivity index (χ0n) is 10.8. The third kappa shape index (κ3) is 3.56. The van der Waals surface area contributed by atoms with E-state index in [0.29, 0.717) is 11.3 Å². The molecule has 0 spiro atoms. The molecule has 2 rings (SSSR count). The highest BCUT2D eigenvalue weighted by Gasteiger charge is 2.01. The Kier molecular flexibility index (Phi) is 4.15. The number of hydrogen-bond acceptors (Lipinski definition) is 2. The van der Waals surface area contributed by atoms with Gasteiger partial charge in [-0.05, 0) is 42.3 Å². The number of rotatable bonds is 4. The van der Waals surface area contributed by atoms with Gasteiger partial charge in [-0.1, -0.05) is 25.5 Å². The number of benzene rings is 2. The fourth-order valence-corrected chi connectivity index (χ4v) is 1.94. The topological polar surface area (TPSA) is 35.8 Å². The number of nitrogens with zero attached hydrogens (tertiary/aromatic N) is 1. The Morgan fingerprint density at radius 1 is 1.11 bits per heavy atom. The standard InChI is InChI=1S/C16H15FN2/c1-2-3-12-4-6-15(7-5-12)19-16-9-13(11-18)8-14(17)10-16/h4-10,19H,2-3H2,1H3. The number of halogens is 1. The van der Waals surface area contributed by atoms with Gasteiger partial charge in [-0.2, -0.15) is 5.26 Å². The molecule has 2 aromatic carbocycles. The molecule has 0 fully saturated rings. The van der Waals surface area contributed by atoms with E-state index >= 15 is 0 Å². The van der Waals surface area contributed by atoms with Crippen molar-refractivity contribution in [3.63, 3.8) is 0 Å². The molecular weight excluding hydrogens is 239 g/mol. The lowest BCUT2D eigenvalue weighted by atomic mass is 10.1. The van der Waals surface area contributed by atoms with Crippen molar-refractivity contribution in [1.82, 2.24) is 0 Å². The molecule has 2 nitrogen and oxygen atoms in total. The third-order valence-electron chi connectivity index (χ3n) is 2.81. The summed E-state index contributed by atoms with van der Waals surface area (Å²) in [5.74, 6) is -0.413. The van der Waals surface area contributed by atoms with Crippen LogP contribution in [0.3, 0.4) is 0 Å². The predicted octanol–water partition coefficient (Wildman–Crippen LogP) is 4.39. The van der Waals surface area contributed by atoms with Crippen LogP contribution in [-0.2, 0) is 6.42 Å². The Bertz CT molecular complexity index is 597. The maximum absolute atomic E-state index is 13.3. The first kappa shape index (κ1) is 13.1. The molecule has 0 saturated carbocycles. The second kappa shape index (κ2) is 6.01. The Morgan fingerprint density at radius 3 is 2.47 bits per heavy atom.